The number of ether oxygens (including phenoxy) is 1. The van der Waals surface area contributed by atoms with Crippen molar-refractivity contribution in [2.24, 2.45) is 0 Å². The van der Waals surface area contributed by atoms with Gasteiger partial charge >= 0.3 is 0 Å². The number of nitrogens with one attached hydrogen (secondary N) is 1. The van der Waals surface area contributed by atoms with Crippen LogP contribution in [0.3, 0.4) is 0 Å². The van der Waals surface area contributed by atoms with E-state index >= 15 is 0 Å². The number of phenols is 1. The molecular weight excluding hydrogens is 356 g/mol. The highest BCUT2D eigenvalue weighted by atomic mass is 127. The van der Waals surface area contributed by atoms with Crippen molar-refractivity contribution >= 4 is 40.1 Å². The first kappa shape index (κ1) is 14.5. The molecule has 0 heterocycles. The minimum atomic E-state index is -0.358. The number of hydrogen-bond donors (Lipinski definition) is 2. The first-order chi connectivity index (χ1) is 8.08. The number of rotatable bonds is 5. The second kappa shape index (κ2) is 7.03. The number of aromatic hydroxyl groups is 1. The summed E-state index contributed by atoms with van der Waals surface area (Å²) < 4.78 is 5.80. The van der Waals surface area contributed by atoms with Gasteiger partial charge in [0.1, 0.15) is 5.75 Å². The van der Waals surface area contributed by atoms with Gasteiger partial charge in [0.15, 0.2) is 0 Å². The summed E-state index contributed by atoms with van der Waals surface area (Å²) in [7, 11) is 1.54. The van der Waals surface area contributed by atoms with Gasteiger partial charge in [0.2, 0.25) is 0 Å². The van der Waals surface area contributed by atoms with Crippen molar-refractivity contribution in [1.29, 1.82) is 0 Å². The largest absolute Gasteiger partial charge is 0.507 e. The SMILES string of the molecule is COCC(CCl)NC(=O)c1cc(I)ccc1O. The lowest BCUT2D eigenvalue weighted by atomic mass is 10.2. The summed E-state index contributed by atoms with van der Waals surface area (Å²) in [6.07, 6.45) is 0. The third kappa shape index (κ3) is 4.33. The quantitative estimate of drug-likeness (QED) is 0.616. The van der Waals surface area contributed by atoms with Gasteiger partial charge in [-0.3, -0.25) is 4.79 Å². The van der Waals surface area contributed by atoms with Crippen molar-refractivity contribution in [3.63, 3.8) is 0 Å². The van der Waals surface area contributed by atoms with Crippen LogP contribution in [0.15, 0.2) is 18.2 Å². The molecule has 0 spiro atoms. The summed E-state index contributed by atoms with van der Waals surface area (Å²) >= 11 is 7.76. The van der Waals surface area contributed by atoms with E-state index in [1.807, 2.05) is 0 Å². The predicted molar refractivity (Wildman–Crippen MR) is 74.7 cm³/mol. The van der Waals surface area contributed by atoms with E-state index in [1.54, 1.807) is 12.1 Å². The summed E-state index contributed by atoms with van der Waals surface area (Å²) in [5.74, 6) is -0.151. The number of phenolic OH excluding ortho intramolecular Hbond substituents is 1. The predicted octanol–water partition coefficient (Wildman–Crippen LogP) is 1.98. The van der Waals surface area contributed by atoms with Crippen LogP contribution in [-0.4, -0.2) is 36.7 Å². The maximum Gasteiger partial charge on any atom is 0.255 e. The van der Waals surface area contributed by atoms with Gasteiger partial charge in [0.05, 0.1) is 18.2 Å². The number of hydrogen-bond acceptors (Lipinski definition) is 3. The molecule has 0 fully saturated rings. The molecule has 1 unspecified atom stereocenters. The maximum atomic E-state index is 11.9. The van der Waals surface area contributed by atoms with Crippen molar-refractivity contribution in [3.8, 4) is 5.75 Å². The molecule has 1 aromatic rings. The number of carbonyl (C=O) groups excluding carboxylic acids is 1. The Balaban J connectivity index is 2.78. The normalized spacial score (nSPS) is 12.2. The summed E-state index contributed by atoms with van der Waals surface area (Å²) in [5, 5.41) is 12.3. The molecule has 1 rings (SSSR count). The number of benzene rings is 1. The van der Waals surface area contributed by atoms with Gasteiger partial charge in [-0.25, -0.2) is 0 Å². The summed E-state index contributed by atoms with van der Waals surface area (Å²) in [6.45, 7) is 0.333. The average molecular weight is 370 g/mol. The molecule has 94 valence electrons. The highest BCUT2D eigenvalue weighted by Crippen LogP contribution is 2.19. The Bertz CT molecular complexity index is 400. The first-order valence-electron chi connectivity index (χ1n) is 4.92. The highest BCUT2D eigenvalue weighted by Gasteiger charge is 2.16. The van der Waals surface area contributed by atoms with E-state index in [9.17, 15) is 9.90 Å². The maximum absolute atomic E-state index is 11.9. The Morgan fingerprint density at radius 2 is 2.35 bits per heavy atom. The molecule has 0 aliphatic rings. The van der Waals surface area contributed by atoms with E-state index in [2.05, 4.69) is 27.9 Å². The molecule has 2 N–H and O–H groups in total. The molecule has 1 amide bonds. The lowest BCUT2D eigenvalue weighted by Gasteiger charge is -2.15. The third-order valence-corrected chi connectivity index (χ3v) is 3.14. The molecule has 17 heavy (non-hydrogen) atoms. The van der Waals surface area contributed by atoms with E-state index in [1.165, 1.54) is 13.2 Å². The van der Waals surface area contributed by atoms with Gasteiger partial charge in [-0.15, -0.1) is 11.6 Å². The Morgan fingerprint density at radius 1 is 1.65 bits per heavy atom. The van der Waals surface area contributed by atoms with Crippen LogP contribution < -0.4 is 5.32 Å². The van der Waals surface area contributed by atoms with Crippen molar-refractivity contribution in [1.82, 2.24) is 5.32 Å². The summed E-state index contributed by atoms with van der Waals surface area (Å²) in [4.78, 5) is 11.9. The van der Waals surface area contributed by atoms with Crippen LogP contribution in [0, 0.1) is 3.57 Å². The van der Waals surface area contributed by atoms with Gasteiger partial charge in [-0.1, -0.05) is 0 Å². The lowest BCUT2D eigenvalue weighted by Crippen LogP contribution is -2.39. The van der Waals surface area contributed by atoms with Gasteiger partial charge in [0.25, 0.3) is 5.91 Å². The fourth-order valence-electron chi connectivity index (χ4n) is 1.28. The fourth-order valence-corrected chi connectivity index (χ4v) is 1.94. The van der Waals surface area contributed by atoms with Crippen LogP contribution in [-0.2, 0) is 4.74 Å². The van der Waals surface area contributed by atoms with E-state index in [0.29, 0.717) is 6.61 Å². The van der Waals surface area contributed by atoms with Crippen LogP contribution in [0.4, 0.5) is 0 Å². The molecule has 0 aliphatic heterocycles. The topological polar surface area (TPSA) is 58.6 Å². The zero-order chi connectivity index (χ0) is 12.8. The molecule has 0 aliphatic carbocycles. The molecule has 0 saturated heterocycles. The number of carbonyl (C=O) groups is 1. The zero-order valence-corrected chi connectivity index (χ0v) is 12.2. The molecule has 0 radical (unpaired) electrons. The van der Waals surface area contributed by atoms with Crippen LogP contribution >= 0.6 is 34.2 Å². The number of methoxy groups -OCH3 is 1. The Morgan fingerprint density at radius 3 is 2.94 bits per heavy atom. The molecule has 4 nitrogen and oxygen atoms in total. The van der Waals surface area contributed by atoms with Crippen LogP contribution in [0.1, 0.15) is 10.4 Å². The van der Waals surface area contributed by atoms with E-state index in [0.717, 1.165) is 3.57 Å². The Hall–Kier alpha value is -0.530. The summed E-state index contributed by atoms with van der Waals surface area (Å²) in [6, 6.07) is 4.55. The lowest BCUT2D eigenvalue weighted by molar-refractivity contribution is 0.0904. The van der Waals surface area contributed by atoms with E-state index < -0.39 is 0 Å². The van der Waals surface area contributed by atoms with Crippen molar-refractivity contribution in [3.05, 3.63) is 27.3 Å². The molecular formula is C11H13ClINO3. The molecule has 0 bridgehead atoms. The number of halogens is 2. The monoisotopic (exact) mass is 369 g/mol. The first-order valence-corrected chi connectivity index (χ1v) is 6.54. The molecule has 0 saturated carbocycles. The molecule has 1 atom stereocenters. The van der Waals surface area contributed by atoms with Gasteiger partial charge < -0.3 is 15.2 Å². The van der Waals surface area contributed by atoms with Crippen molar-refractivity contribution < 1.29 is 14.6 Å². The van der Waals surface area contributed by atoms with Gasteiger partial charge in [0, 0.05) is 16.6 Å². The molecule has 0 aromatic heterocycles. The average Bonchev–Trinajstić information content (AvgIpc) is 2.31. The van der Waals surface area contributed by atoms with Crippen LogP contribution in [0.5, 0.6) is 5.75 Å². The summed E-state index contributed by atoms with van der Waals surface area (Å²) in [5.41, 5.74) is 0.239. The highest BCUT2D eigenvalue weighted by molar-refractivity contribution is 14.1. The Labute approximate surface area is 118 Å². The third-order valence-electron chi connectivity index (χ3n) is 2.09. The minimum Gasteiger partial charge on any atom is -0.507 e. The molecule has 1 aromatic carbocycles. The standard InChI is InChI=1S/C11H13ClINO3/c1-17-6-8(5-12)14-11(16)9-4-7(13)2-3-10(9)15/h2-4,8,15H,5-6H2,1H3,(H,14,16). The number of amides is 1. The fraction of sp³-hybridized carbons (Fsp3) is 0.364. The van der Waals surface area contributed by atoms with Crippen LogP contribution in [0.25, 0.3) is 0 Å². The second-order valence-corrected chi connectivity index (χ2v) is 5.00. The second-order valence-electron chi connectivity index (χ2n) is 3.44. The number of alkyl halides is 1. The zero-order valence-electron chi connectivity index (χ0n) is 9.24. The molecule has 6 heteroatoms. The van der Waals surface area contributed by atoms with Crippen molar-refractivity contribution in [2.75, 3.05) is 19.6 Å². The van der Waals surface area contributed by atoms with Crippen LogP contribution in [0.2, 0.25) is 0 Å². The Kier molecular flexibility index (Phi) is 6.01. The smallest absolute Gasteiger partial charge is 0.255 e. The van der Waals surface area contributed by atoms with Gasteiger partial charge in [-0.05, 0) is 40.8 Å². The van der Waals surface area contributed by atoms with Gasteiger partial charge in [-0.2, -0.15) is 0 Å². The van der Waals surface area contributed by atoms with E-state index in [-0.39, 0.29) is 29.1 Å². The van der Waals surface area contributed by atoms with E-state index in [4.69, 9.17) is 16.3 Å². The van der Waals surface area contributed by atoms with Crippen molar-refractivity contribution in [2.45, 2.75) is 6.04 Å². The minimum absolute atomic E-state index is 0.0475.